The van der Waals surface area contributed by atoms with Crippen LogP contribution in [0.2, 0.25) is 0 Å². The smallest absolute Gasteiger partial charge is 0.316 e. The number of nitrogens with zero attached hydrogens (tertiary/aromatic N) is 1. The molecule has 1 heterocycles. The molecule has 1 aliphatic heterocycles. The zero-order valence-electron chi connectivity index (χ0n) is 19.4. The molecule has 0 N–H and O–H groups in total. The molecule has 0 spiro atoms. The van der Waals surface area contributed by atoms with Crippen LogP contribution in [0.1, 0.15) is 31.4 Å². The number of carbonyl (C=O) groups excluding carboxylic acids is 2. The number of hydrogen-bond acceptors (Lipinski definition) is 3. The van der Waals surface area contributed by atoms with Gasteiger partial charge in [0.15, 0.2) is 0 Å². The van der Waals surface area contributed by atoms with Crippen molar-refractivity contribution in [2.24, 2.45) is 5.92 Å². The van der Waals surface area contributed by atoms with E-state index in [2.05, 4.69) is 26.0 Å². The molecule has 0 unspecified atom stereocenters. The van der Waals surface area contributed by atoms with Crippen LogP contribution >= 0.6 is 0 Å². The lowest BCUT2D eigenvalue weighted by Gasteiger charge is -2.26. The van der Waals surface area contributed by atoms with Crippen LogP contribution in [-0.2, 0) is 15.0 Å². The fourth-order valence-corrected chi connectivity index (χ4v) is 4.70. The number of rotatable bonds is 5. The molecule has 1 amide bonds. The van der Waals surface area contributed by atoms with Gasteiger partial charge in [0.25, 0.3) is 0 Å². The molecule has 0 bridgehead atoms. The number of amides is 1. The first-order chi connectivity index (χ1) is 16.4. The summed E-state index contributed by atoms with van der Waals surface area (Å²) in [7, 11) is 0. The number of benzene rings is 4. The minimum absolute atomic E-state index is 0.0572. The predicted molar refractivity (Wildman–Crippen MR) is 135 cm³/mol. The fraction of sp³-hybridized carbons (Fsp3) is 0.200. The number of anilines is 1. The SMILES string of the molecule is CC(C)(c1ccccc1)c1ccc(OC(=O)[C@H]2CC(=O)N(c3cccc4ccccc34)C2)cc1. The van der Waals surface area contributed by atoms with Crippen molar-refractivity contribution in [2.75, 3.05) is 11.4 Å². The molecule has 4 nitrogen and oxygen atoms in total. The molecule has 0 aromatic heterocycles. The first kappa shape index (κ1) is 21.9. The van der Waals surface area contributed by atoms with E-state index in [4.69, 9.17) is 4.74 Å². The minimum Gasteiger partial charge on any atom is -0.426 e. The second-order valence-electron chi connectivity index (χ2n) is 9.34. The Bertz CT molecular complexity index is 1340. The van der Waals surface area contributed by atoms with Crippen LogP contribution in [0.15, 0.2) is 97.1 Å². The molecule has 170 valence electrons. The van der Waals surface area contributed by atoms with Crippen LogP contribution in [-0.4, -0.2) is 18.4 Å². The maximum Gasteiger partial charge on any atom is 0.316 e. The van der Waals surface area contributed by atoms with Gasteiger partial charge in [-0.2, -0.15) is 0 Å². The van der Waals surface area contributed by atoms with E-state index in [9.17, 15) is 9.59 Å². The Kier molecular flexibility index (Phi) is 5.66. The van der Waals surface area contributed by atoms with E-state index in [1.54, 1.807) is 4.90 Å². The van der Waals surface area contributed by atoms with Crippen molar-refractivity contribution in [3.05, 3.63) is 108 Å². The highest BCUT2D eigenvalue weighted by Crippen LogP contribution is 2.34. The molecule has 5 rings (SSSR count). The predicted octanol–water partition coefficient (Wildman–Crippen LogP) is 6.12. The Morgan fingerprint density at radius 1 is 0.824 bits per heavy atom. The van der Waals surface area contributed by atoms with Crippen LogP contribution < -0.4 is 9.64 Å². The van der Waals surface area contributed by atoms with Gasteiger partial charge in [0.2, 0.25) is 5.91 Å². The quantitative estimate of drug-likeness (QED) is 0.272. The number of esters is 1. The van der Waals surface area contributed by atoms with Crippen molar-refractivity contribution in [2.45, 2.75) is 25.7 Å². The van der Waals surface area contributed by atoms with E-state index in [0.717, 1.165) is 22.0 Å². The topological polar surface area (TPSA) is 46.6 Å². The first-order valence-corrected chi connectivity index (χ1v) is 11.6. The Hall–Kier alpha value is -3.92. The van der Waals surface area contributed by atoms with E-state index in [1.165, 1.54) is 5.56 Å². The van der Waals surface area contributed by atoms with Gasteiger partial charge in [-0.05, 0) is 34.7 Å². The molecular weight excluding hydrogens is 422 g/mol. The summed E-state index contributed by atoms with van der Waals surface area (Å²) >= 11 is 0. The lowest BCUT2D eigenvalue weighted by molar-refractivity contribution is -0.139. The fourth-order valence-electron chi connectivity index (χ4n) is 4.70. The lowest BCUT2D eigenvalue weighted by atomic mass is 9.78. The highest BCUT2D eigenvalue weighted by atomic mass is 16.5. The monoisotopic (exact) mass is 449 g/mol. The van der Waals surface area contributed by atoms with Gasteiger partial charge in [0.05, 0.1) is 11.6 Å². The molecule has 1 fully saturated rings. The second kappa shape index (κ2) is 8.79. The molecule has 1 atom stereocenters. The average molecular weight is 450 g/mol. The average Bonchev–Trinajstić information content (AvgIpc) is 3.26. The van der Waals surface area contributed by atoms with Crippen LogP contribution in [0.3, 0.4) is 0 Å². The van der Waals surface area contributed by atoms with Crippen LogP contribution in [0.4, 0.5) is 5.69 Å². The first-order valence-electron chi connectivity index (χ1n) is 11.6. The van der Waals surface area contributed by atoms with E-state index >= 15 is 0 Å². The summed E-state index contributed by atoms with van der Waals surface area (Å²) < 4.78 is 5.67. The third-order valence-corrected chi connectivity index (χ3v) is 6.81. The number of fused-ring (bicyclic) bond motifs is 1. The second-order valence-corrected chi connectivity index (χ2v) is 9.34. The van der Waals surface area contributed by atoms with Crippen LogP contribution in [0.5, 0.6) is 5.75 Å². The molecule has 1 aliphatic rings. The standard InChI is InChI=1S/C30H27NO3/c1-30(2,23-11-4-3-5-12-23)24-15-17-25(18-16-24)34-29(33)22-19-28(32)31(20-22)27-14-8-10-21-9-6-7-13-26(21)27/h3-18,22H,19-20H2,1-2H3/t22-/m0/s1. The Labute approximate surface area is 199 Å². The van der Waals surface area contributed by atoms with Gasteiger partial charge in [-0.3, -0.25) is 9.59 Å². The Balaban J connectivity index is 1.29. The summed E-state index contributed by atoms with van der Waals surface area (Å²) in [6, 6.07) is 31.8. The molecule has 0 aliphatic carbocycles. The zero-order chi connectivity index (χ0) is 23.7. The van der Waals surface area contributed by atoms with Crippen molar-refractivity contribution in [1.82, 2.24) is 0 Å². The van der Waals surface area contributed by atoms with Crippen LogP contribution in [0, 0.1) is 5.92 Å². The maximum atomic E-state index is 12.9. The molecule has 1 saturated heterocycles. The molecule has 0 saturated carbocycles. The third kappa shape index (κ3) is 4.08. The highest BCUT2D eigenvalue weighted by Gasteiger charge is 2.37. The van der Waals surface area contributed by atoms with E-state index < -0.39 is 5.92 Å². The molecule has 34 heavy (non-hydrogen) atoms. The largest absolute Gasteiger partial charge is 0.426 e. The van der Waals surface area contributed by atoms with E-state index in [-0.39, 0.29) is 23.7 Å². The number of carbonyl (C=O) groups is 2. The van der Waals surface area contributed by atoms with Gasteiger partial charge in [-0.15, -0.1) is 0 Å². The molecule has 4 heteroatoms. The third-order valence-electron chi connectivity index (χ3n) is 6.81. The van der Waals surface area contributed by atoms with Crippen molar-refractivity contribution in [3.8, 4) is 5.75 Å². The van der Waals surface area contributed by atoms with Crippen molar-refractivity contribution in [3.63, 3.8) is 0 Å². The van der Waals surface area contributed by atoms with Crippen LogP contribution in [0.25, 0.3) is 10.8 Å². The normalized spacial score (nSPS) is 16.1. The number of ether oxygens (including phenoxy) is 1. The van der Waals surface area contributed by atoms with Gasteiger partial charge < -0.3 is 9.64 Å². The summed E-state index contributed by atoms with van der Waals surface area (Å²) in [6.45, 7) is 4.68. The van der Waals surface area contributed by atoms with Crippen molar-refractivity contribution >= 4 is 28.3 Å². The van der Waals surface area contributed by atoms with Gasteiger partial charge in [-0.25, -0.2) is 0 Å². The van der Waals surface area contributed by atoms with E-state index in [1.807, 2.05) is 84.9 Å². The van der Waals surface area contributed by atoms with Gasteiger partial charge >= 0.3 is 5.97 Å². The molecule has 4 aromatic rings. The summed E-state index contributed by atoms with van der Waals surface area (Å²) in [5.41, 5.74) is 3.03. The molecular formula is C30H27NO3. The van der Waals surface area contributed by atoms with Gasteiger partial charge in [0.1, 0.15) is 5.75 Å². The summed E-state index contributed by atoms with van der Waals surface area (Å²) in [5, 5.41) is 2.07. The minimum atomic E-state index is -0.494. The highest BCUT2D eigenvalue weighted by molar-refractivity contribution is 6.06. The summed E-state index contributed by atoms with van der Waals surface area (Å²) in [5.74, 6) is -0.426. The van der Waals surface area contributed by atoms with Crippen molar-refractivity contribution in [1.29, 1.82) is 0 Å². The van der Waals surface area contributed by atoms with E-state index in [0.29, 0.717) is 12.3 Å². The van der Waals surface area contributed by atoms with Gasteiger partial charge in [0, 0.05) is 23.8 Å². The zero-order valence-corrected chi connectivity index (χ0v) is 19.4. The molecule has 4 aromatic carbocycles. The number of hydrogen-bond donors (Lipinski definition) is 0. The lowest BCUT2D eigenvalue weighted by Crippen LogP contribution is -2.27. The van der Waals surface area contributed by atoms with Gasteiger partial charge in [-0.1, -0.05) is 92.7 Å². The maximum absolute atomic E-state index is 12.9. The van der Waals surface area contributed by atoms with Crippen molar-refractivity contribution < 1.29 is 14.3 Å². The Morgan fingerprint density at radius 3 is 2.24 bits per heavy atom. The summed E-state index contributed by atoms with van der Waals surface area (Å²) in [4.78, 5) is 27.4. The summed E-state index contributed by atoms with van der Waals surface area (Å²) in [6.07, 6.45) is 0.154. The Morgan fingerprint density at radius 2 is 1.47 bits per heavy atom. The molecule has 0 radical (unpaired) electrons.